The van der Waals surface area contributed by atoms with Gasteiger partial charge in [0.2, 0.25) is 0 Å². The lowest BCUT2D eigenvalue weighted by Crippen LogP contribution is -2.40. The summed E-state index contributed by atoms with van der Waals surface area (Å²) < 4.78 is 26.9. The van der Waals surface area contributed by atoms with Gasteiger partial charge in [0.25, 0.3) is 0 Å². The number of hydrogen-bond donors (Lipinski definition) is 3. The summed E-state index contributed by atoms with van der Waals surface area (Å²) >= 11 is 0. The van der Waals surface area contributed by atoms with Gasteiger partial charge in [-0.05, 0) is 42.7 Å². The van der Waals surface area contributed by atoms with E-state index in [2.05, 4.69) is 10.6 Å². The molecule has 0 aliphatic heterocycles. The van der Waals surface area contributed by atoms with Gasteiger partial charge in [-0.3, -0.25) is 0 Å². The van der Waals surface area contributed by atoms with Crippen molar-refractivity contribution < 1.29 is 18.7 Å². The number of urea groups is 1. The molecule has 1 fully saturated rings. The van der Waals surface area contributed by atoms with E-state index >= 15 is 0 Å². The van der Waals surface area contributed by atoms with E-state index in [1.54, 1.807) is 0 Å². The molecule has 6 heteroatoms. The molecule has 1 saturated carbocycles. The highest BCUT2D eigenvalue weighted by atomic mass is 19.1. The van der Waals surface area contributed by atoms with Gasteiger partial charge in [0.1, 0.15) is 11.6 Å². The van der Waals surface area contributed by atoms with Crippen molar-refractivity contribution in [2.75, 3.05) is 19.7 Å². The van der Waals surface area contributed by atoms with E-state index in [1.807, 2.05) is 13.8 Å². The first-order valence-corrected chi connectivity index (χ1v) is 8.36. The Balaban J connectivity index is 1.76. The number of carbonyl (C=O) groups is 1. The summed E-state index contributed by atoms with van der Waals surface area (Å²) in [5.41, 5.74) is -0.0847. The SMILES string of the molecule is CC(C)(CO)CCCNC(=O)NCC1(c2ccc(F)cc2F)CC1. The summed E-state index contributed by atoms with van der Waals surface area (Å²) in [5, 5.41) is 14.7. The van der Waals surface area contributed by atoms with Crippen LogP contribution in [-0.4, -0.2) is 30.8 Å². The third-order valence-corrected chi connectivity index (χ3v) is 4.69. The Labute approximate surface area is 141 Å². The molecule has 0 atom stereocenters. The number of amides is 2. The van der Waals surface area contributed by atoms with Gasteiger partial charge in [-0.2, -0.15) is 0 Å². The van der Waals surface area contributed by atoms with E-state index in [-0.39, 0.29) is 18.1 Å². The fourth-order valence-electron chi connectivity index (χ4n) is 2.77. The molecule has 0 aromatic heterocycles. The van der Waals surface area contributed by atoms with Gasteiger partial charge in [-0.25, -0.2) is 13.6 Å². The van der Waals surface area contributed by atoms with Gasteiger partial charge in [-0.15, -0.1) is 0 Å². The molecule has 0 heterocycles. The first kappa shape index (κ1) is 18.6. The molecule has 1 aromatic carbocycles. The Bertz CT molecular complexity index is 586. The van der Waals surface area contributed by atoms with Crippen LogP contribution in [0, 0.1) is 17.0 Å². The van der Waals surface area contributed by atoms with Crippen molar-refractivity contribution in [3.8, 4) is 0 Å². The van der Waals surface area contributed by atoms with Crippen LogP contribution in [0.25, 0.3) is 0 Å². The summed E-state index contributed by atoms with van der Waals surface area (Å²) in [4.78, 5) is 11.9. The van der Waals surface area contributed by atoms with Gasteiger partial charge in [0, 0.05) is 31.2 Å². The van der Waals surface area contributed by atoms with E-state index in [9.17, 15) is 18.7 Å². The van der Waals surface area contributed by atoms with Crippen molar-refractivity contribution in [1.29, 1.82) is 0 Å². The van der Waals surface area contributed by atoms with Crippen LogP contribution in [0.4, 0.5) is 13.6 Å². The molecule has 2 amide bonds. The number of nitrogens with one attached hydrogen (secondary N) is 2. The highest BCUT2D eigenvalue weighted by Gasteiger charge is 2.46. The maximum absolute atomic E-state index is 13.9. The van der Waals surface area contributed by atoms with E-state index in [0.29, 0.717) is 18.7 Å². The fraction of sp³-hybridized carbons (Fsp3) is 0.611. The second-order valence-electron chi connectivity index (χ2n) is 7.44. The highest BCUT2D eigenvalue weighted by Crippen LogP contribution is 2.48. The van der Waals surface area contributed by atoms with Crippen LogP contribution in [-0.2, 0) is 5.41 Å². The lowest BCUT2D eigenvalue weighted by molar-refractivity contribution is 0.148. The quantitative estimate of drug-likeness (QED) is 0.637. The summed E-state index contributed by atoms with van der Waals surface area (Å²) in [5.74, 6) is -1.15. The molecule has 3 N–H and O–H groups in total. The number of rotatable bonds is 8. The molecular weight excluding hydrogens is 314 g/mol. The number of carbonyl (C=O) groups excluding carboxylic acids is 1. The van der Waals surface area contributed by atoms with Crippen molar-refractivity contribution in [2.45, 2.75) is 44.9 Å². The molecule has 1 aliphatic carbocycles. The minimum atomic E-state index is -0.594. The van der Waals surface area contributed by atoms with Crippen LogP contribution in [0.1, 0.15) is 45.1 Å². The van der Waals surface area contributed by atoms with E-state index < -0.39 is 17.0 Å². The lowest BCUT2D eigenvalue weighted by Gasteiger charge is -2.21. The molecule has 0 saturated heterocycles. The zero-order chi connectivity index (χ0) is 17.8. The third-order valence-electron chi connectivity index (χ3n) is 4.69. The lowest BCUT2D eigenvalue weighted by atomic mass is 9.89. The number of aliphatic hydroxyl groups is 1. The largest absolute Gasteiger partial charge is 0.396 e. The Morgan fingerprint density at radius 1 is 1.29 bits per heavy atom. The normalized spacial score (nSPS) is 15.9. The standard InChI is InChI=1S/C18H26F2N2O2/c1-17(2,12-23)6-3-9-21-16(24)22-11-18(7-8-18)14-5-4-13(19)10-15(14)20/h4-5,10,23H,3,6-9,11-12H2,1-2H3,(H2,21,22,24). The molecule has 4 nitrogen and oxygen atoms in total. The molecule has 0 spiro atoms. The first-order chi connectivity index (χ1) is 11.3. The second kappa shape index (κ2) is 7.47. The number of hydrogen-bond acceptors (Lipinski definition) is 2. The van der Waals surface area contributed by atoms with Gasteiger partial charge >= 0.3 is 6.03 Å². The molecule has 0 bridgehead atoms. The molecule has 2 rings (SSSR count). The van der Waals surface area contributed by atoms with E-state index in [4.69, 9.17) is 0 Å². The van der Waals surface area contributed by atoms with Gasteiger partial charge < -0.3 is 15.7 Å². The highest BCUT2D eigenvalue weighted by molar-refractivity contribution is 5.74. The number of halogens is 2. The Morgan fingerprint density at radius 3 is 2.58 bits per heavy atom. The average molecular weight is 340 g/mol. The molecule has 0 radical (unpaired) electrons. The second-order valence-corrected chi connectivity index (χ2v) is 7.44. The fourth-order valence-corrected chi connectivity index (χ4v) is 2.77. The number of benzene rings is 1. The van der Waals surface area contributed by atoms with Crippen molar-refractivity contribution in [2.24, 2.45) is 5.41 Å². The molecular formula is C18H26F2N2O2. The van der Waals surface area contributed by atoms with E-state index in [1.165, 1.54) is 12.1 Å². The van der Waals surface area contributed by atoms with Gasteiger partial charge in [-0.1, -0.05) is 19.9 Å². The molecule has 1 aromatic rings. The zero-order valence-corrected chi connectivity index (χ0v) is 14.3. The van der Waals surface area contributed by atoms with Crippen molar-refractivity contribution in [3.05, 3.63) is 35.4 Å². The van der Waals surface area contributed by atoms with Gasteiger partial charge in [0.15, 0.2) is 0 Å². The van der Waals surface area contributed by atoms with Gasteiger partial charge in [0.05, 0.1) is 0 Å². The van der Waals surface area contributed by atoms with Crippen LogP contribution >= 0.6 is 0 Å². The molecule has 0 unspecified atom stereocenters. The maximum Gasteiger partial charge on any atom is 0.314 e. The van der Waals surface area contributed by atoms with Crippen LogP contribution in [0.2, 0.25) is 0 Å². The van der Waals surface area contributed by atoms with Crippen LogP contribution < -0.4 is 10.6 Å². The predicted molar refractivity (Wildman–Crippen MR) is 88.8 cm³/mol. The van der Waals surface area contributed by atoms with Crippen LogP contribution in [0.3, 0.4) is 0 Å². The zero-order valence-electron chi connectivity index (χ0n) is 14.3. The monoisotopic (exact) mass is 340 g/mol. The summed E-state index contributed by atoms with van der Waals surface area (Å²) in [6, 6.07) is 3.32. The molecule has 134 valence electrons. The van der Waals surface area contributed by atoms with Crippen molar-refractivity contribution >= 4 is 6.03 Å². The predicted octanol–water partition coefficient (Wildman–Crippen LogP) is 3.09. The van der Waals surface area contributed by atoms with Crippen molar-refractivity contribution in [1.82, 2.24) is 10.6 Å². The topological polar surface area (TPSA) is 61.4 Å². The average Bonchev–Trinajstić information content (AvgIpc) is 3.30. The maximum atomic E-state index is 13.9. The summed E-state index contributed by atoms with van der Waals surface area (Å²) in [7, 11) is 0. The van der Waals surface area contributed by atoms with Crippen LogP contribution in [0.15, 0.2) is 18.2 Å². The Kier molecular flexibility index (Phi) is 5.80. The van der Waals surface area contributed by atoms with Crippen molar-refractivity contribution in [3.63, 3.8) is 0 Å². The smallest absolute Gasteiger partial charge is 0.314 e. The first-order valence-electron chi connectivity index (χ1n) is 8.36. The van der Waals surface area contributed by atoms with Crippen LogP contribution in [0.5, 0.6) is 0 Å². The Hall–Kier alpha value is -1.69. The third kappa shape index (κ3) is 4.90. The summed E-state index contributed by atoms with van der Waals surface area (Å²) in [6.07, 6.45) is 3.15. The summed E-state index contributed by atoms with van der Waals surface area (Å²) in [6.45, 7) is 4.92. The number of aliphatic hydroxyl groups excluding tert-OH is 1. The Morgan fingerprint density at radius 2 is 2.00 bits per heavy atom. The molecule has 1 aliphatic rings. The molecule has 24 heavy (non-hydrogen) atoms. The van der Waals surface area contributed by atoms with E-state index in [0.717, 1.165) is 31.7 Å². The minimum absolute atomic E-state index is 0.116. The minimum Gasteiger partial charge on any atom is -0.396 e.